The molecule has 80 valence electrons. The first-order valence-corrected chi connectivity index (χ1v) is 6.26. The predicted molar refractivity (Wildman–Crippen MR) is 62.0 cm³/mol. The topological polar surface area (TPSA) is 0 Å². The number of rotatable bonds is 5. The van der Waals surface area contributed by atoms with Gasteiger partial charge in [-0.1, -0.05) is 72.6 Å². The minimum Gasteiger partial charge on any atom is -0.0654 e. The Bertz CT molecular complexity index is 91.5. The second kappa shape index (κ2) is 8.59. The second-order valence-corrected chi connectivity index (χ2v) is 4.40. The Kier molecular flexibility index (Phi) is 8.59. The molecule has 0 saturated heterocycles. The fourth-order valence-electron chi connectivity index (χ4n) is 1.60. The van der Waals surface area contributed by atoms with Gasteiger partial charge in [0.25, 0.3) is 0 Å². The van der Waals surface area contributed by atoms with Crippen molar-refractivity contribution in [2.24, 2.45) is 11.8 Å². The first kappa shape index (κ1) is 13.0. The van der Waals surface area contributed by atoms with Gasteiger partial charge < -0.3 is 0 Å². The van der Waals surface area contributed by atoms with Crippen molar-refractivity contribution in [2.75, 3.05) is 0 Å². The summed E-state index contributed by atoms with van der Waals surface area (Å²) in [5.41, 5.74) is 0. The Balaban J connectivity index is 0.000000396. The Morgan fingerprint density at radius 1 is 0.923 bits per heavy atom. The molecule has 1 aliphatic carbocycles. The van der Waals surface area contributed by atoms with E-state index in [2.05, 4.69) is 27.7 Å². The molecule has 1 fully saturated rings. The third kappa shape index (κ3) is 8.33. The summed E-state index contributed by atoms with van der Waals surface area (Å²) in [6, 6.07) is 0. The maximum atomic E-state index is 2.38. The fourth-order valence-corrected chi connectivity index (χ4v) is 1.60. The standard InChI is InChI=1S/C10H22.C3H6/c1-5-8-10(7-3)9(4)6-2;1-2-3-1/h9-10H,5-8H2,1-4H3;1-3H2. The van der Waals surface area contributed by atoms with E-state index in [-0.39, 0.29) is 0 Å². The third-order valence-electron chi connectivity index (χ3n) is 2.99. The van der Waals surface area contributed by atoms with E-state index in [4.69, 9.17) is 0 Å². The zero-order valence-electron chi connectivity index (χ0n) is 10.1. The molecule has 2 unspecified atom stereocenters. The zero-order valence-corrected chi connectivity index (χ0v) is 10.1. The maximum Gasteiger partial charge on any atom is -0.0391 e. The highest BCUT2D eigenvalue weighted by atomic mass is 14.2. The minimum atomic E-state index is 0.935. The molecule has 0 heterocycles. The van der Waals surface area contributed by atoms with Crippen LogP contribution in [-0.2, 0) is 0 Å². The molecule has 0 bridgehead atoms. The van der Waals surface area contributed by atoms with Crippen LogP contribution in [0.15, 0.2) is 0 Å². The van der Waals surface area contributed by atoms with Crippen LogP contribution in [-0.4, -0.2) is 0 Å². The van der Waals surface area contributed by atoms with Crippen LogP contribution in [0.5, 0.6) is 0 Å². The van der Waals surface area contributed by atoms with Gasteiger partial charge in [0.15, 0.2) is 0 Å². The van der Waals surface area contributed by atoms with Gasteiger partial charge in [0.2, 0.25) is 0 Å². The first-order valence-electron chi connectivity index (χ1n) is 6.26. The fraction of sp³-hybridized carbons (Fsp3) is 1.00. The summed E-state index contributed by atoms with van der Waals surface area (Å²) in [7, 11) is 0. The smallest absolute Gasteiger partial charge is 0.0391 e. The van der Waals surface area contributed by atoms with E-state index in [1.165, 1.54) is 44.9 Å². The summed E-state index contributed by atoms with van der Waals surface area (Å²) < 4.78 is 0. The van der Waals surface area contributed by atoms with E-state index in [1.54, 1.807) is 0 Å². The molecule has 0 spiro atoms. The Morgan fingerprint density at radius 2 is 1.46 bits per heavy atom. The molecule has 0 heteroatoms. The van der Waals surface area contributed by atoms with Crippen LogP contribution < -0.4 is 0 Å². The van der Waals surface area contributed by atoms with E-state index in [1.807, 2.05) is 0 Å². The molecule has 0 aromatic rings. The summed E-state index contributed by atoms with van der Waals surface area (Å²) in [6.07, 6.45) is 9.98. The third-order valence-corrected chi connectivity index (χ3v) is 2.99. The minimum absolute atomic E-state index is 0.935. The van der Waals surface area contributed by atoms with E-state index in [0.29, 0.717) is 0 Å². The first-order chi connectivity index (χ1) is 6.26. The SMILES string of the molecule is C1CC1.CCCC(CC)C(C)CC. The van der Waals surface area contributed by atoms with Crippen LogP contribution in [0.2, 0.25) is 0 Å². The summed E-state index contributed by atoms with van der Waals surface area (Å²) in [6.45, 7) is 9.27. The maximum absolute atomic E-state index is 2.38. The van der Waals surface area contributed by atoms with E-state index >= 15 is 0 Å². The summed E-state index contributed by atoms with van der Waals surface area (Å²) in [5.74, 6) is 1.92. The normalized spacial score (nSPS) is 18.5. The molecule has 13 heavy (non-hydrogen) atoms. The average molecular weight is 184 g/mol. The zero-order chi connectivity index (χ0) is 10.1. The predicted octanol–water partition coefficient (Wildman–Crippen LogP) is 5.03. The largest absolute Gasteiger partial charge is 0.0654 e. The van der Waals surface area contributed by atoms with Gasteiger partial charge in [0.1, 0.15) is 0 Å². The molecule has 1 saturated carbocycles. The van der Waals surface area contributed by atoms with Crippen LogP contribution in [0.1, 0.15) is 72.6 Å². The molecule has 0 nitrogen and oxygen atoms in total. The van der Waals surface area contributed by atoms with Gasteiger partial charge in [-0.3, -0.25) is 0 Å². The Labute approximate surface area is 85.1 Å². The van der Waals surface area contributed by atoms with Crippen LogP contribution >= 0.6 is 0 Å². The summed E-state index contributed by atoms with van der Waals surface area (Å²) in [5, 5.41) is 0. The Hall–Kier alpha value is 0. The van der Waals surface area contributed by atoms with Gasteiger partial charge in [-0.25, -0.2) is 0 Å². The van der Waals surface area contributed by atoms with Crippen LogP contribution in [0.25, 0.3) is 0 Å². The van der Waals surface area contributed by atoms with Crippen molar-refractivity contribution in [1.29, 1.82) is 0 Å². The van der Waals surface area contributed by atoms with Crippen molar-refractivity contribution in [3.05, 3.63) is 0 Å². The molecule has 0 radical (unpaired) electrons. The summed E-state index contributed by atoms with van der Waals surface area (Å²) in [4.78, 5) is 0. The molecule has 0 N–H and O–H groups in total. The van der Waals surface area contributed by atoms with Crippen LogP contribution in [0.3, 0.4) is 0 Å². The second-order valence-electron chi connectivity index (χ2n) is 4.40. The van der Waals surface area contributed by atoms with E-state index < -0.39 is 0 Å². The van der Waals surface area contributed by atoms with Crippen molar-refractivity contribution < 1.29 is 0 Å². The molecule has 1 rings (SSSR count). The van der Waals surface area contributed by atoms with Gasteiger partial charge in [-0.05, 0) is 11.8 Å². The van der Waals surface area contributed by atoms with Crippen LogP contribution in [0.4, 0.5) is 0 Å². The number of hydrogen-bond donors (Lipinski definition) is 0. The van der Waals surface area contributed by atoms with E-state index in [9.17, 15) is 0 Å². The average Bonchev–Trinajstić information content (AvgIpc) is 2.99. The lowest BCUT2D eigenvalue weighted by molar-refractivity contribution is 0.315. The highest BCUT2D eigenvalue weighted by Crippen LogP contribution is 2.22. The lowest BCUT2D eigenvalue weighted by Gasteiger charge is -2.20. The lowest BCUT2D eigenvalue weighted by Crippen LogP contribution is -2.09. The monoisotopic (exact) mass is 184 g/mol. The molecule has 2 atom stereocenters. The molecule has 0 aromatic carbocycles. The van der Waals surface area contributed by atoms with Crippen molar-refractivity contribution in [1.82, 2.24) is 0 Å². The highest BCUT2D eigenvalue weighted by molar-refractivity contribution is 4.62. The molecular weight excluding hydrogens is 156 g/mol. The molecule has 0 amide bonds. The Morgan fingerprint density at radius 3 is 1.69 bits per heavy atom. The quantitative estimate of drug-likeness (QED) is 0.562. The molecule has 0 aromatic heterocycles. The van der Waals surface area contributed by atoms with Crippen molar-refractivity contribution >= 4 is 0 Å². The number of hydrogen-bond acceptors (Lipinski definition) is 0. The van der Waals surface area contributed by atoms with Gasteiger partial charge >= 0.3 is 0 Å². The highest BCUT2D eigenvalue weighted by Gasteiger charge is 2.11. The molecular formula is C13H28. The van der Waals surface area contributed by atoms with Crippen molar-refractivity contribution in [2.45, 2.75) is 72.6 Å². The van der Waals surface area contributed by atoms with Gasteiger partial charge in [-0.15, -0.1) is 0 Å². The van der Waals surface area contributed by atoms with Gasteiger partial charge in [0.05, 0.1) is 0 Å². The van der Waals surface area contributed by atoms with Crippen molar-refractivity contribution in [3.63, 3.8) is 0 Å². The lowest BCUT2D eigenvalue weighted by atomic mass is 9.86. The summed E-state index contributed by atoms with van der Waals surface area (Å²) >= 11 is 0. The molecule has 1 aliphatic rings. The van der Waals surface area contributed by atoms with Gasteiger partial charge in [0, 0.05) is 0 Å². The van der Waals surface area contributed by atoms with Gasteiger partial charge in [-0.2, -0.15) is 0 Å². The van der Waals surface area contributed by atoms with Crippen LogP contribution in [0, 0.1) is 11.8 Å². The van der Waals surface area contributed by atoms with Crippen molar-refractivity contribution in [3.8, 4) is 0 Å². The molecule has 0 aliphatic heterocycles. The van der Waals surface area contributed by atoms with E-state index in [0.717, 1.165) is 11.8 Å².